The van der Waals surface area contributed by atoms with Crippen molar-refractivity contribution in [1.82, 2.24) is 4.98 Å². The number of aromatic nitrogens is 1. The van der Waals surface area contributed by atoms with E-state index in [1.807, 2.05) is 6.92 Å². The Morgan fingerprint density at radius 3 is 3.05 bits per heavy atom. The molecule has 2 rings (SSSR count). The van der Waals surface area contributed by atoms with Crippen LogP contribution in [0.5, 0.6) is 0 Å². The van der Waals surface area contributed by atoms with Crippen molar-refractivity contribution < 1.29 is 9.53 Å². The van der Waals surface area contributed by atoms with Crippen LogP contribution in [0, 0.1) is 5.92 Å². The molecule has 118 valence electrons. The molecule has 0 spiro atoms. The lowest BCUT2D eigenvalue weighted by atomic mass is 9.86. The summed E-state index contributed by atoms with van der Waals surface area (Å²) in [4.78, 5) is 18.4. The normalized spacial score (nSPS) is 22.0. The molecule has 0 aliphatic heterocycles. The summed E-state index contributed by atoms with van der Waals surface area (Å²) in [6.07, 6.45) is 6.28. The fraction of sp³-hybridized carbons (Fsp3) is 0.750. The van der Waals surface area contributed by atoms with Gasteiger partial charge >= 0.3 is 5.97 Å². The van der Waals surface area contributed by atoms with Crippen LogP contribution >= 0.6 is 11.3 Å². The van der Waals surface area contributed by atoms with Crippen LogP contribution < -0.4 is 4.90 Å². The Morgan fingerprint density at radius 1 is 1.52 bits per heavy atom. The number of carbonyl (C=O) groups is 1. The minimum atomic E-state index is -0.137. The molecule has 1 aromatic heterocycles. The average Bonchev–Trinajstić information content (AvgIpc) is 2.93. The molecule has 1 fully saturated rings. The van der Waals surface area contributed by atoms with Gasteiger partial charge in [0, 0.05) is 24.9 Å². The van der Waals surface area contributed by atoms with Crippen LogP contribution in [-0.4, -0.2) is 30.6 Å². The van der Waals surface area contributed by atoms with Gasteiger partial charge in [-0.15, -0.1) is 11.3 Å². The van der Waals surface area contributed by atoms with Crippen LogP contribution in [0.2, 0.25) is 0 Å². The van der Waals surface area contributed by atoms with Crippen molar-refractivity contribution in [3.05, 3.63) is 11.1 Å². The molecule has 0 bridgehead atoms. The first-order valence-corrected chi connectivity index (χ1v) is 8.81. The highest BCUT2D eigenvalue weighted by atomic mass is 32.1. The number of esters is 1. The van der Waals surface area contributed by atoms with Crippen LogP contribution in [0.3, 0.4) is 0 Å². The molecule has 1 aliphatic rings. The number of hydrogen-bond acceptors (Lipinski definition) is 5. The Bertz CT molecular complexity index is 461. The number of rotatable bonds is 6. The zero-order chi connectivity index (χ0) is 15.2. The highest BCUT2D eigenvalue weighted by molar-refractivity contribution is 7.13. The predicted molar refractivity (Wildman–Crippen MR) is 86.9 cm³/mol. The number of anilines is 1. The maximum atomic E-state index is 11.4. The Labute approximate surface area is 131 Å². The Morgan fingerprint density at radius 2 is 2.33 bits per heavy atom. The number of carbonyl (C=O) groups excluding carboxylic acids is 1. The highest BCUT2D eigenvalue weighted by Gasteiger charge is 2.24. The van der Waals surface area contributed by atoms with Crippen LogP contribution in [0.1, 0.15) is 51.6 Å². The molecular weight excluding hydrogens is 284 g/mol. The van der Waals surface area contributed by atoms with E-state index in [4.69, 9.17) is 4.74 Å². The van der Waals surface area contributed by atoms with Crippen molar-refractivity contribution in [3.8, 4) is 0 Å². The molecule has 2 unspecified atom stereocenters. The van der Waals surface area contributed by atoms with Gasteiger partial charge in [0.25, 0.3) is 0 Å². The van der Waals surface area contributed by atoms with Gasteiger partial charge in [-0.2, -0.15) is 0 Å². The number of hydrogen-bond donors (Lipinski definition) is 0. The summed E-state index contributed by atoms with van der Waals surface area (Å²) in [6, 6.07) is 0.609. The standard InChI is InChI=1S/C16H26N2O2S/c1-4-20-15(19)9-8-13-11-21-16(17-13)18(3)14-7-5-6-12(2)10-14/h11-12,14H,4-10H2,1-3H3. The molecule has 1 heterocycles. The Kier molecular flexibility index (Phi) is 6.03. The second-order valence-electron chi connectivity index (χ2n) is 5.96. The first-order chi connectivity index (χ1) is 10.1. The fourth-order valence-electron chi connectivity index (χ4n) is 2.95. The molecule has 0 radical (unpaired) electrons. The van der Waals surface area contributed by atoms with Gasteiger partial charge in [-0.3, -0.25) is 4.79 Å². The summed E-state index contributed by atoms with van der Waals surface area (Å²) in [7, 11) is 2.15. The molecule has 1 aliphatic carbocycles. The second-order valence-corrected chi connectivity index (χ2v) is 6.80. The molecule has 1 aromatic rings. The van der Waals surface area contributed by atoms with Crippen LogP contribution in [0.25, 0.3) is 0 Å². The molecule has 1 saturated carbocycles. The summed E-state index contributed by atoms with van der Waals surface area (Å²) >= 11 is 1.68. The van der Waals surface area contributed by atoms with Crippen molar-refractivity contribution in [1.29, 1.82) is 0 Å². The molecule has 5 heteroatoms. The van der Waals surface area contributed by atoms with Crippen molar-refractivity contribution in [2.75, 3.05) is 18.6 Å². The topological polar surface area (TPSA) is 42.4 Å². The Hall–Kier alpha value is -1.10. The number of ether oxygens (including phenoxy) is 1. The third-order valence-electron chi connectivity index (χ3n) is 4.19. The molecule has 0 saturated heterocycles. The van der Waals surface area contributed by atoms with E-state index >= 15 is 0 Å². The SMILES string of the molecule is CCOC(=O)CCc1csc(N(C)C2CCCC(C)C2)n1. The molecule has 2 atom stereocenters. The first-order valence-electron chi connectivity index (χ1n) is 7.93. The van der Waals surface area contributed by atoms with Crippen molar-refractivity contribution in [2.24, 2.45) is 5.92 Å². The van der Waals surface area contributed by atoms with E-state index in [1.54, 1.807) is 11.3 Å². The number of thiazole rings is 1. The van der Waals surface area contributed by atoms with Crippen molar-refractivity contribution >= 4 is 22.4 Å². The molecule has 4 nitrogen and oxygen atoms in total. The van der Waals surface area contributed by atoms with Crippen LogP contribution in [-0.2, 0) is 16.0 Å². The third kappa shape index (κ3) is 4.70. The monoisotopic (exact) mass is 310 g/mol. The zero-order valence-electron chi connectivity index (χ0n) is 13.3. The molecule has 0 N–H and O–H groups in total. The molecule has 0 aromatic carbocycles. The summed E-state index contributed by atoms with van der Waals surface area (Å²) in [5, 5.41) is 3.14. The largest absolute Gasteiger partial charge is 0.466 e. The van der Waals surface area contributed by atoms with E-state index in [1.165, 1.54) is 25.7 Å². The van der Waals surface area contributed by atoms with Crippen molar-refractivity contribution in [3.63, 3.8) is 0 Å². The smallest absolute Gasteiger partial charge is 0.306 e. The maximum Gasteiger partial charge on any atom is 0.306 e. The Balaban J connectivity index is 1.88. The van der Waals surface area contributed by atoms with Gasteiger partial charge in [-0.25, -0.2) is 4.98 Å². The number of aryl methyl sites for hydroxylation is 1. The maximum absolute atomic E-state index is 11.4. The molecule has 0 amide bonds. The van der Waals surface area contributed by atoms with Gasteiger partial charge < -0.3 is 9.64 Å². The lowest BCUT2D eigenvalue weighted by molar-refractivity contribution is -0.143. The minimum Gasteiger partial charge on any atom is -0.466 e. The van der Waals surface area contributed by atoms with Crippen molar-refractivity contribution in [2.45, 2.75) is 58.4 Å². The van der Waals surface area contributed by atoms with E-state index in [0.717, 1.165) is 16.7 Å². The van der Waals surface area contributed by atoms with Gasteiger partial charge in [-0.05, 0) is 25.7 Å². The predicted octanol–water partition coefficient (Wildman–Crippen LogP) is 3.65. The minimum absolute atomic E-state index is 0.137. The number of nitrogens with zero attached hydrogens (tertiary/aromatic N) is 2. The second kappa shape index (κ2) is 7.78. The molecule has 21 heavy (non-hydrogen) atoms. The summed E-state index contributed by atoms with van der Waals surface area (Å²) in [5.74, 6) is 0.677. The average molecular weight is 310 g/mol. The first kappa shape index (κ1) is 16.3. The van der Waals surface area contributed by atoms with Gasteiger partial charge in [0.15, 0.2) is 5.13 Å². The lowest BCUT2D eigenvalue weighted by Crippen LogP contribution is -2.35. The fourth-order valence-corrected chi connectivity index (χ4v) is 3.84. The van der Waals surface area contributed by atoms with Gasteiger partial charge in [0.1, 0.15) is 0 Å². The van der Waals surface area contributed by atoms with E-state index in [9.17, 15) is 4.79 Å². The van der Waals surface area contributed by atoms with Gasteiger partial charge in [0.05, 0.1) is 18.7 Å². The van der Waals surface area contributed by atoms with Crippen LogP contribution in [0.4, 0.5) is 5.13 Å². The summed E-state index contributed by atoms with van der Waals surface area (Å²) in [6.45, 7) is 4.62. The van der Waals surface area contributed by atoms with E-state index in [2.05, 4.69) is 29.2 Å². The summed E-state index contributed by atoms with van der Waals surface area (Å²) in [5.41, 5.74) is 0.999. The highest BCUT2D eigenvalue weighted by Crippen LogP contribution is 2.31. The molecular formula is C16H26N2O2S. The van der Waals surface area contributed by atoms with Gasteiger partial charge in [-0.1, -0.05) is 19.8 Å². The van der Waals surface area contributed by atoms with E-state index in [0.29, 0.717) is 25.5 Å². The zero-order valence-corrected chi connectivity index (χ0v) is 14.1. The lowest BCUT2D eigenvalue weighted by Gasteiger charge is -2.33. The van der Waals surface area contributed by atoms with Crippen LogP contribution in [0.15, 0.2) is 5.38 Å². The third-order valence-corrected chi connectivity index (χ3v) is 5.17. The van der Waals surface area contributed by atoms with E-state index in [-0.39, 0.29) is 5.97 Å². The quantitative estimate of drug-likeness (QED) is 0.752. The summed E-state index contributed by atoms with van der Waals surface area (Å²) < 4.78 is 4.95. The van der Waals surface area contributed by atoms with Gasteiger partial charge in [0.2, 0.25) is 0 Å². The van der Waals surface area contributed by atoms with E-state index < -0.39 is 0 Å².